The number of benzene rings is 1. The molecular weight excluding hydrogens is 498 g/mol. The molecule has 1 aromatic carbocycles. The van der Waals surface area contributed by atoms with Crippen molar-refractivity contribution >= 4 is 75.5 Å². The molecule has 0 saturated carbocycles. The van der Waals surface area contributed by atoms with Crippen LogP contribution in [-0.4, -0.2) is 11.8 Å². The summed E-state index contributed by atoms with van der Waals surface area (Å²) in [6.45, 7) is 4.25. The van der Waals surface area contributed by atoms with Gasteiger partial charge in [-0.25, -0.2) is 0 Å². The monoisotopic (exact) mass is 503 g/mol. The van der Waals surface area contributed by atoms with Crippen molar-refractivity contribution in [2.75, 3.05) is 0 Å². The van der Waals surface area contributed by atoms with Crippen molar-refractivity contribution in [1.82, 2.24) is 5.32 Å². The number of halogens is 4. The molecule has 2 rings (SSSR count). The molecule has 1 heterocycles. The zero-order valence-electron chi connectivity index (χ0n) is 9.54. The SMILES string of the molecule is CCC.O=C1NC(=O)c2c(Br)c(Br)c(Br)c(Br)c21. The number of fused-ring (bicyclic) bond motifs is 1. The zero-order valence-corrected chi connectivity index (χ0v) is 15.9. The summed E-state index contributed by atoms with van der Waals surface area (Å²) < 4.78 is 2.52. The summed E-state index contributed by atoms with van der Waals surface area (Å²) in [6.07, 6.45) is 1.25. The number of imide groups is 1. The molecule has 0 saturated heterocycles. The summed E-state index contributed by atoms with van der Waals surface area (Å²) in [6, 6.07) is 0. The molecule has 0 aliphatic carbocycles. The van der Waals surface area contributed by atoms with Crippen molar-refractivity contribution in [2.45, 2.75) is 20.3 Å². The van der Waals surface area contributed by atoms with Crippen LogP contribution in [0.15, 0.2) is 17.9 Å². The van der Waals surface area contributed by atoms with Crippen LogP contribution in [0.5, 0.6) is 0 Å². The smallest absolute Gasteiger partial charge is 0.260 e. The van der Waals surface area contributed by atoms with Gasteiger partial charge in [-0.15, -0.1) is 0 Å². The molecule has 1 N–H and O–H groups in total. The van der Waals surface area contributed by atoms with E-state index in [2.05, 4.69) is 82.9 Å². The number of hydrogen-bond donors (Lipinski definition) is 1. The Balaban J connectivity index is 0.000000492. The van der Waals surface area contributed by atoms with Gasteiger partial charge < -0.3 is 0 Å². The molecule has 0 radical (unpaired) electrons. The van der Waals surface area contributed by atoms with Gasteiger partial charge in [0, 0.05) is 17.9 Å². The van der Waals surface area contributed by atoms with Crippen molar-refractivity contribution in [3.8, 4) is 0 Å². The van der Waals surface area contributed by atoms with E-state index in [0.717, 1.165) is 0 Å². The van der Waals surface area contributed by atoms with Crippen LogP contribution in [-0.2, 0) is 0 Å². The van der Waals surface area contributed by atoms with E-state index in [-0.39, 0.29) is 0 Å². The summed E-state index contributed by atoms with van der Waals surface area (Å²) in [4.78, 5) is 23.0. The van der Waals surface area contributed by atoms with Gasteiger partial charge in [-0.3, -0.25) is 14.9 Å². The van der Waals surface area contributed by atoms with E-state index in [1.54, 1.807) is 0 Å². The highest BCUT2D eigenvalue weighted by Crippen LogP contribution is 2.43. The van der Waals surface area contributed by atoms with Crippen LogP contribution in [0.25, 0.3) is 0 Å². The average molecular weight is 507 g/mol. The van der Waals surface area contributed by atoms with E-state index in [1.807, 2.05) is 0 Å². The predicted octanol–water partition coefficient (Wildman–Crippen LogP) is 5.04. The third-order valence-corrected chi connectivity index (χ3v) is 6.72. The van der Waals surface area contributed by atoms with E-state index in [4.69, 9.17) is 0 Å². The molecule has 0 aromatic heterocycles. The first-order valence-corrected chi connectivity index (χ1v) is 8.25. The van der Waals surface area contributed by atoms with Gasteiger partial charge in [-0.05, 0) is 63.7 Å². The quantitative estimate of drug-likeness (QED) is 0.305. The molecule has 0 atom stereocenters. The maximum Gasteiger partial charge on any atom is 0.260 e. The number of carbonyl (C=O) groups is 2. The Hall–Kier alpha value is 0.280. The Morgan fingerprint density at radius 3 is 1.33 bits per heavy atom. The number of amides is 2. The van der Waals surface area contributed by atoms with E-state index >= 15 is 0 Å². The lowest BCUT2D eigenvalue weighted by Crippen LogP contribution is -2.20. The molecule has 0 bridgehead atoms. The van der Waals surface area contributed by atoms with Gasteiger partial charge in [0.2, 0.25) is 0 Å². The first-order chi connectivity index (χ1) is 8.36. The van der Waals surface area contributed by atoms with Gasteiger partial charge in [0.1, 0.15) is 0 Å². The molecule has 1 aliphatic heterocycles. The fourth-order valence-corrected chi connectivity index (χ4v) is 3.76. The third kappa shape index (κ3) is 2.89. The minimum Gasteiger partial charge on any atom is -0.288 e. The molecule has 7 heteroatoms. The first-order valence-electron chi connectivity index (χ1n) is 5.08. The summed E-state index contributed by atoms with van der Waals surface area (Å²) in [7, 11) is 0. The number of carbonyl (C=O) groups excluding carboxylic acids is 2. The van der Waals surface area contributed by atoms with Crippen molar-refractivity contribution in [3.05, 3.63) is 29.0 Å². The highest BCUT2D eigenvalue weighted by Gasteiger charge is 2.34. The van der Waals surface area contributed by atoms with Gasteiger partial charge in [0.15, 0.2) is 0 Å². The maximum atomic E-state index is 11.5. The van der Waals surface area contributed by atoms with Crippen LogP contribution in [0.3, 0.4) is 0 Å². The normalized spacial score (nSPS) is 12.8. The summed E-state index contributed by atoms with van der Waals surface area (Å²) in [5.74, 6) is -0.786. The minimum atomic E-state index is -0.393. The lowest BCUT2D eigenvalue weighted by molar-refractivity contribution is 0.0879. The van der Waals surface area contributed by atoms with Crippen LogP contribution in [0.2, 0.25) is 0 Å². The molecule has 0 fully saturated rings. The van der Waals surface area contributed by atoms with Crippen LogP contribution in [0.4, 0.5) is 0 Å². The summed E-state index contributed by atoms with van der Waals surface area (Å²) in [5.41, 5.74) is 0.698. The van der Waals surface area contributed by atoms with Gasteiger partial charge >= 0.3 is 0 Å². The lowest BCUT2D eigenvalue weighted by Gasteiger charge is -2.07. The van der Waals surface area contributed by atoms with E-state index in [9.17, 15) is 9.59 Å². The Labute approximate surface area is 139 Å². The van der Waals surface area contributed by atoms with Crippen molar-refractivity contribution in [2.24, 2.45) is 0 Å². The maximum absolute atomic E-state index is 11.5. The van der Waals surface area contributed by atoms with Crippen LogP contribution >= 0.6 is 63.7 Å². The Morgan fingerprint density at radius 1 is 0.778 bits per heavy atom. The molecule has 1 aliphatic rings. The first kappa shape index (κ1) is 16.3. The molecule has 98 valence electrons. The second kappa shape index (κ2) is 6.63. The van der Waals surface area contributed by atoms with E-state index in [0.29, 0.717) is 29.0 Å². The number of nitrogens with one attached hydrogen (secondary N) is 1. The largest absolute Gasteiger partial charge is 0.288 e. The highest BCUT2D eigenvalue weighted by atomic mass is 79.9. The highest BCUT2D eigenvalue weighted by molar-refractivity contribution is 9.15. The molecular formula is C11H9Br4NO2. The average Bonchev–Trinajstić information content (AvgIpc) is 2.60. The molecule has 2 amide bonds. The molecule has 0 unspecified atom stereocenters. The second-order valence-electron chi connectivity index (χ2n) is 3.50. The van der Waals surface area contributed by atoms with Gasteiger partial charge in [-0.2, -0.15) is 0 Å². The van der Waals surface area contributed by atoms with Gasteiger partial charge in [0.05, 0.1) is 11.1 Å². The molecule has 18 heavy (non-hydrogen) atoms. The number of rotatable bonds is 0. The second-order valence-corrected chi connectivity index (χ2v) is 6.67. The van der Waals surface area contributed by atoms with Crippen LogP contribution in [0, 0.1) is 0 Å². The van der Waals surface area contributed by atoms with Gasteiger partial charge in [0.25, 0.3) is 11.8 Å². The van der Waals surface area contributed by atoms with Crippen LogP contribution < -0.4 is 5.32 Å². The van der Waals surface area contributed by atoms with Crippen LogP contribution in [0.1, 0.15) is 41.0 Å². The summed E-state index contributed by atoms with van der Waals surface area (Å²) >= 11 is 13.2. The number of hydrogen-bond acceptors (Lipinski definition) is 2. The molecule has 3 nitrogen and oxygen atoms in total. The van der Waals surface area contributed by atoms with Crippen molar-refractivity contribution < 1.29 is 9.59 Å². The standard InChI is InChI=1S/C8HBr4NO2.C3H8/c9-3-1-2(8(15)13-7(1)14)4(10)6(12)5(3)11;1-3-2/h(H,13,14,15);3H2,1-2H3. The minimum absolute atomic E-state index is 0.349. The van der Waals surface area contributed by atoms with E-state index in [1.165, 1.54) is 6.42 Å². The zero-order chi connectivity index (χ0) is 14.0. The Kier molecular flexibility index (Phi) is 6.02. The molecule has 0 spiro atoms. The van der Waals surface area contributed by atoms with Crippen molar-refractivity contribution in [1.29, 1.82) is 0 Å². The Morgan fingerprint density at radius 2 is 1.06 bits per heavy atom. The van der Waals surface area contributed by atoms with Gasteiger partial charge in [-0.1, -0.05) is 20.3 Å². The lowest BCUT2D eigenvalue weighted by atomic mass is 10.1. The van der Waals surface area contributed by atoms with Crippen molar-refractivity contribution in [3.63, 3.8) is 0 Å². The topological polar surface area (TPSA) is 46.2 Å². The Bertz CT molecular complexity index is 484. The molecule has 1 aromatic rings. The predicted molar refractivity (Wildman–Crippen MR) is 85.0 cm³/mol. The third-order valence-electron chi connectivity index (χ3n) is 1.95. The fourth-order valence-electron chi connectivity index (χ4n) is 1.29. The summed E-state index contributed by atoms with van der Waals surface area (Å²) in [5, 5.41) is 2.24. The van der Waals surface area contributed by atoms with E-state index < -0.39 is 11.8 Å². The fraction of sp³-hybridized carbons (Fsp3) is 0.273.